The molecular weight excluding hydrogens is 262 g/mol. The van der Waals surface area contributed by atoms with E-state index in [4.69, 9.17) is 5.11 Å². The molecular formula is C9H8BrN3O2. The van der Waals surface area contributed by atoms with Crippen LogP contribution in [0.25, 0.3) is 11.0 Å². The molecule has 0 saturated heterocycles. The molecule has 2 aromatic rings. The van der Waals surface area contributed by atoms with Crippen molar-refractivity contribution in [3.8, 4) is 0 Å². The van der Waals surface area contributed by atoms with Crippen LogP contribution in [0.1, 0.15) is 0 Å². The van der Waals surface area contributed by atoms with Gasteiger partial charge in [0.05, 0.1) is 11.0 Å². The fourth-order valence-electron chi connectivity index (χ4n) is 1.22. The van der Waals surface area contributed by atoms with Crippen molar-refractivity contribution in [1.29, 1.82) is 0 Å². The predicted octanol–water partition coefficient (Wildman–Crippen LogP) is 1.82. The average Bonchev–Trinajstić information content (AvgIpc) is 2.56. The number of halogens is 1. The third kappa shape index (κ3) is 2.27. The van der Waals surface area contributed by atoms with Crippen LogP contribution < -0.4 is 5.32 Å². The van der Waals surface area contributed by atoms with Crippen molar-refractivity contribution in [3.05, 3.63) is 22.7 Å². The minimum Gasteiger partial charge on any atom is -0.480 e. The molecule has 0 aliphatic heterocycles. The maximum absolute atomic E-state index is 10.3. The van der Waals surface area contributed by atoms with Crippen molar-refractivity contribution < 1.29 is 9.90 Å². The van der Waals surface area contributed by atoms with Crippen LogP contribution in [0.3, 0.4) is 0 Å². The van der Waals surface area contributed by atoms with E-state index in [-0.39, 0.29) is 6.54 Å². The number of carboxylic acids is 1. The van der Waals surface area contributed by atoms with Crippen molar-refractivity contribution in [2.45, 2.75) is 0 Å². The first-order chi connectivity index (χ1) is 7.15. The zero-order valence-electron chi connectivity index (χ0n) is 7.62. The molecule has 0 aliphatic rings. The van der Waals surface area contributed by atoms with Crippen LogP contribution in [0, 0.1) is 0 Å². The largest absolute Gasteiger partial charge is 0.480 e. The molecule has 1 aromatic heterocycles. The molecule has 0 unspecified atom stereocenters. The number of anilines is 1. The molecule has 0 radical (unpaired) electrons. The van der Waals surface area contributed by atoms with Crippen molar-refractivity contribution >= 4 is 38.9 Å². The fourth-order valence-corrected chi connectivity index (χ4v) is 1.59. The maximum atomic E-state index is 10.3. The Bertz CT molecular complexity index is 509. The number of aliphatic carboxylic acids is 1. The van der Waals surface area contributed by atoms with Gasteiger partial charge in [0.25, 0.3) is 0 Å². The van der Waals surface area contributed by atoms with E-state index in [0.717, 1.165) is 15.5 Å². The lowest BCUT2D eigenvalue weighted by atomic mass is 10.3. The van der Waals surface area contributed by atoms with E-state index in [0.29, 0.717) is 5.95 Å². The minimum absolute atomic E-state index is 0.152. The molecule has 1 aromatic carbocycles. The van der Waals surface area contributed by atoms with Gasteiger partial charge >= 0.3 is 5.97 Å². The van der Waals surface area contributed by atoms with E-state index >= 15 is 0 Å². The maximum Gasteiger partial charge on any atom is 0.322 e. The SMILES string of the molecule is O=C(O)CNc1nc2ccc(Br)cc2[nH]1. The van der Waals surface area contributed by atoms with Crippen LogP contribution in [0.5, 0.6) is 0 Å². The van der Waals surface area contributed by atoms with Gasteiger partial charge in [-0.05, 0) is 18.2 Å². The molecule has 1 heterocycles. The van der Waals surface area contributed by atoms with Gasteiger partial charge in [0.15, 0.2) is 0 Å². The molecule has 0 spiro atoms. The van der Waals surface area contributed by atoms with Gasteiger partial charge in [0.1, 0.15) is 6.54 Å². The highest BCUT2D eigenvalue weighted by atomic mass is 79.9. The van der Waals surface area contributed by atoms with E-state index in [1.807, 2.05) is 18.2 Å². The molecule has 5 nitrogen and oxygen atoms in total. The number of imidazole rings is 1. The number of fused-ring (bicyclic) bond motifs is 1. The third-order valence-electron chi connectivity index (χ3n) is 1.85. The Morgan fingerprint density at radius 2 is 2.40 bits per heavy atom. The van der Waals surface area contributed by atoms with Crippen LogP contribution in [0.4, 0.5) is 5.95 Å². The van der Waals surface area contributed by atoms with Gasteiger partial charge in [0, 0.05) is 4.47 Å². The lowest BCUT2D eigenvalue weighted by molar-refractivity contribution is -0.134. The van der Waals surface area contributed by atoms with Gasteiger partial charge < -0.3 is 15.4 Å². The normalized spacial score (nSPS) is 10.5. The van der Waals surface area contributed by atoms with Crippen molar-refractivity contribution in [1.82, 2.24) is 9.97 Å². The second-order valence-electron chi connectivity index (χ2n) is 2.99. The summed E-state index contributed by atoms with van der Waals surface area (Å²) < 4.78 is 0.948. The summed E-state index contributed by atoms with van der Waals surface area (Å²) >= 11 is 3.34. The third-order valence-corrected chi connectivity index (χ3v) is 2.34. The molecule has 2 rings (SSSR count). The lowest BCUT2D eigenvalue weighted by Gasteiger charge is -1.95. The number of H-pyrrole nitrogens is 1. The second-order valence-corrected chi connectivity index (χ2v) is 3.91. The summed E-state index contributed by atoms with van der Waals surface area (Å²) in [4.78, 5) is 17.5. The van der Waals surface area contributed by atoms with Crippen LogP contribution in [-0.2, 0) is 4.79 Å². The highest BCUT2D eigenvalue weighted by molar-refractivity contribution is 9.10. The molecule has 6 heteroatoms. The molecule has 0 fully saturated rings. The summed E-state index contributed by atoms with van der Waals surface area (Å²) in [6.45, 7) is -0.152. The van der Waals surface area contributed by atoms with E-state index in [1.54, 1.807) is 0 Å². The standard InChI is InChI=1S/C9H8BrN3O2/c10-5-1-2-6-7(3-5)13-9(12-6)11-4-8(14)15/h1-3H,4H2,(H,14,15)(H2,11,12,13). The number of hydrogen-bond acceptors (Lipinski definition) is 3. The van der Waals surface area contributed by atoms with Gasteiger partial charge in [-0.1, -0.05) is 15.9 Å². The first kappa shape index (κ1) is 9.97. The predicted molar refractivity (Wildman–Crippen MR) is 59.9 cm³/mol. The zero-order chi connectivity index (χ0) is 10.8. The molecule has 0 amide bonds. The van der Waals surface area contributed by atoms with E-state index in [9.17, 15) is 4.79 Å². The summed E-state index contributed by atoms with van der Waals surface area (Å²) in [5.74, 6) is -0.456. The van der Waals surface area contributed by atoms with E-state index < -0.39 is 5.97 Å². The number of carboxylic acid groups (broad SMARTS) is 1. The number of aromatic amines is 1. The monoisotopic (exact) mass is 269 g/mol. The van der Waals surface area contributed by atoms with Crippen LogP contribution in [0.2, 0.25) is 0 Å². The van der Waals surface area contributed by atoms with Gasteiger partial charge in [-0.15, -0.1) is 0 Å². The average molecular weight is 270 g/mol. The molecule has 3 N–H and O–H groups in total. The number of nitrogens with zero attached hydrogens (tertiary/aromatic N) is 1. The number of rotatable bonds is 3. The molecule has 0 bridgehead atoms. The Kier molecular flexibility index (Phi) is 2.59. The van der Waals surface area contributed by atoms with Crippen molar-refractivity contribution in [2.24, 2.45) is 0 Å². The first-order valence-electron chi connectivity index (χ1n) is 4.26. The number of benzene rings is 1. The Labute approximate surface area is 93.6 Å². The molecule has 0 aliphatic carbocycles. The Morgan fingerprint density at radius 3 is 3.13 bits per heavy atom. The number of hydrogen-bond donors (Lipinski definition) is 3. The number of nitrogens with one attached hydrogen (secondary N) is 2. The summed E-state index contributed by atoms with van der Waals surface area (Å²) in [7, 11) is 0. The fraction of sp³-hybridized carbons (Fsp3) is 0.111. The Hall–Kier alpha value is -1.56. The minimum atomic E-state index is -0.920. The molecule has 0 saturated carbocycles. The van der Waals surface area contributed by atoms with Crippen LogP contribution in [0.15, 0.2) is 22.7 Å². The topological polar surface area (TPSA) is 78.0 Å². The summed E-state index contributed by atoms with van der Waals surface area (Å²) in [6.07, 6.45) is 0. The molecule has 78 valence electrons. The van der Waals surface area contributed by atoms with Gasteiger partial charge in [-0.2, -0.15) is 0 Å². The van der Waals surface area contributed by atoms with Gasteiger partial charge in [0.2, 0.25) is 5.95 Å². The number of carbonyl (C=O) groups is 1. The summed E-state index contributed by atoms with van der Waals surface area (Å²) in [5.41, 5.74) is 1.66. The quantitative estimate of drug-likeness (QED) is 0.795. The smallest absolute Gasteiger partial charge is 0.322 e. The van der Waals surface area contributed by atoms with E-state index in [1.165, 1.54) is 0 Å². The first-order valence-corrected chi connectivity index (χ1v) is 5.05. The van der Waals surface area contributed by atoms with Crippen LogP contribution in [-0.4, -0.2) is 27.6 Å². The van der Waals surface area contributed by atoms with Crippen LogP contribution >= 0.6 is 15.9 Å². The van der Waals surface area contributed by atoms with Gasteiger partial charge in [-0.25, -0.2) is 4.98 Å². The highest BCUT2D eigenvalue weighted by Gasteiger charge is 2.03. The summed E-state index contributed by atoms with van der Waals surface area (Å²) in [6, 6.07) is 5.61. The Morgan fingerprint density at radius 1 is 1.60 bits per heavy atom. The summed E-state index contributed by atoms with van der Waals surface area (Å²) in [5, 5.41) is 11.2. The highest BCUT2D eigenvalue weighted by Crippen LogP contribution is 2.19. The molecule has 15 heavy (non-hydrogen) atoms. The zero-order valence-corrected chi connectivity index (χ0v) is 9.21. The van der Waals surface area contributed by atoms with Crippen molar-refractivity contribution in [3.63, 3.8) is 0 Å². The molecule has 0 atom stereocenters. The lowest BCUT2D eigenvalue weighted by Crippen LogP contribution is -2.12. The van der Waals surface area contributed by atoms with Crippen molar-refractivity contribution in [2.75, 3.05) is 11.9 Å². The van der Waals surface area contributed by atoms with Gasteiger partial charge in [-0.3, -0.25) is 4.79 Å². The van der Waals surface area contributed by atoms with E-state index in [2.05, 4.69) is 31.2 Å². The Balaban J connectivity index is 2.27. The number of aromatic nitrogens is 2. The second kappa shape index (κ2) is 3.90.